The van der Waals surface area contributed by atoms with E-state index in [-0.39, 0.29) is 9.74 Å². The summed E-state index contributed by atoms with van der Waals surface area (Å²) in [5, 5.41) is 0. The first-order valence-electron chi connectivity index (χ1n) is 8.69. The molecule has 2 atom stereocenters. The van der Waals surface area contributed by atoms with Gasteiger partial charge in [0.1, 0.15) is 0 Å². The average molecular weight is 391 g/mol. The maximum Gasteiger partial charge on any atom is 0.0694 e. The van der Waals surface area contributed by atoms with Gasteiger partial charge in [0.15, 0.2) is 0 Å². The second-order valence-corrected chi connectivity index (χ2v) is 12.6. The van der Waals surface area contributed by atoms with Crippen LogP contribution in [0.3, 0.4) is 0 Å². The summed E-state index contributed by atoms with van der Waals surface area (Å²) in [5.74, 6) is 2.83. The van der Waals surface area contributed by atoms with Gasteiger partial charge in [-0.15, -0.1) is 8.87 Å². The molecule has 0 spiro atoms. The highest BCUT2D eigenvalue weighted by Gasteiger charge is 2.04. The Labute approximate surface area is 152 Å². The fraction of sp³-hybridized carbons (Fsp3) is 1.00. The van der Waals surface area contributed by atoms with Crippen LogP contribution in [0.25, 0.3) is 0 Å². The molecule has 0 aromatic carbocycles. The van der Waals surface area contributed by atoms with Gasteiger partial charge < -0.3 is 8.74 Å². The van der Waals surface area contributed by atoms with Crippen LogP contribution >= 0.6 is 0 Å². The Hall–Kier alpha value is 1.06. The van der Waals surface area contributed by atoms with E-state index in [1.54, 1.807) is 0 Å². The van der Waals surface area contributed by atoms with Crippen molar-refractivity contribution in [1.29, 1.82) is 0 Å². The van der Waals surface area contributed by atoms with Gasteiger partial charge in [-0.2, -0.15) is 0 Å². The molecular weight excluding hydrogens is 352 g/mol. The molecule has 0 aliphatic heterocycles. The molecule has 0 fully saturated rings. The molecular formula is C16H38O2S4. The normalized spacial score (nSPS) is 14.8. The van der Waals surface area contributed by atoms with Gasteiger partial charge in [0.05, 0.1) is 6.10 Å². The molecule has 0 rings (SSSR count). The van der Waals surface area contributed by atoms with Crippen LogP contribution in [0.4, 0.5) is 0 Å². The van der Waals surface area contributed by atoms with Crippen LogP contribution in [-0.4, -0.2) is 27.9 Å². The Morgan fingerprint density at radius 2 is 1.45 bits per heavy atom. The van der Waals surface area contributed by atoms with E-state index in [9.17, 15) is 4.55 Å². The van der Waals surface area contributed by atoms with Crippen molar-refractivity contribution in [2.24, 2.45) is 0 Å². The van der Waals surface area contributed by atoms with E-state index in [4.69, 9.17) is 26.6 Å². The smallest absolute Gasteiger partial charge is 0.0694 e. The van der Waals surface area contributed by atoms with E-state index in [0.717, 1.165) is 49.4 Å². The summed E-state index contributed by atoms with van der Waals surface area (Å²) in [6.07, 6.45) is 8.29. The summed E-state index contributed by atoms with van der Waals surface area (Å²) >= 11 is 10.3. The SMILES string of the molecule is CCCCS(=S)OC(C)CC.CCCC[SH](O)(=S)CCCC. The van der Waals surface area contributed by atoms with Crippen LogP contribution in [0.2, 0.25) is 0 Å². The second-order valence-electron chi connectivity index (χ2n) is 5.68. The van der Waals surface area contributed by atoms with Gasteiger partial charge >= 0.3 is 0 Å². The molecule has 0 heterocycles. The molecule has 6 heteroatoms. The maximum absolute atomic E-state index is 9.70. The van der Waals surface area contributed by atoms with Crippen molar-refractivity contribution in [1.82, 2.24) is 0 Å². The highest BCUT2D eigenvalue weighted by atomic mass is 32.9. The lowest BCUT2D eigenvalue weighted by Crippen LogP contribution is -2.17. The molecule has 0 saturated heterocycles. The van der Waals surface area contributed by atoms with E-state index >= 15 is 0 Å². The fourth-order valence-electron chi connectivity index (χ4n) is 1.48. The molecule has 138 valence electrons. The molecule has 2 unspecified atom stereocenters. The predicted octanol–water partition coefficient (Wildman–Crippen LogP) is 5.00. The number of thiol groups is 1. The van der Waals surface area contributed by atoms with Gasteiger partial charge in [0.2, 0.25) is 0 Å². The summed E-state index contributed by atoms with van der Waals surface area (Å²) in [4.78, 5) is 0. The zero-order valence-corrected chi connectivity index (χ0v) is 18.5. The first-order chi connectivity index (χ1) is 10.3. The number of rotatable bonds is 12. The van der Waals surface area contributed by atoms with Crippen LogP contribution in [-0.2, 0) is 45.2 Å². The van der Waals surface area contributed by atoms with E-state index in [1.165, 1.54) is 12.8 Å². The lowest BCUT2D eigenvalue weighted by atomic mass is 10.3. The Balaban J connectivity index is 0. The van der Waals surface area contributed by atoms with E-state index in [0.29, 0.717) is 6.10 Å². The Morgan fingerprint density at radius 3 is 1.82 bits per heavy atom. The molecule has 0 amide bonds. The third-order valence-electron chi connectivity index (χ3n) is 3.23. The zero-order chi connectivity index (χ0) is 17.4. The van der Waals surface area contributed by atoms with Crippen molar-refractivity contribution >= 4 is 41.0 Å². The van der Waals surface area contributed by atoms with Crippen LogP contribution in [0.5, 0.6) is 0 Å². The van der Waals surface area contributed by atoms with Gasteiger partial charge in [0.25, 0.3) is 0 Å². The highest BCUT2D eigenvalue weighted by molar-refractivity contribution is 8.37. The van der Waals surface area contributed by atoms with Gasteiger partial charge in [-0.05, 0) is 55.0 Å². The molecule has 0 radical (unpaired) electrons. The molecule has 0 aromatic rings. The molecule has 0 aliphatic carbocycles. The van der Waals surface area contributed by atoms with Crippen molar-refractivity contribution in [3.8, 4) is 0 Å². The van der Waals surface area contributed by atoms with Crippen molar-refractivity contribution < 1.29 is 8.74 Å². The van der Waals surface area contributed by atoms with Crippen LogP contribution in [0.15, 0.2) is 0 Å². The summed E-state index contributed by atoms with van der Waals surface area (Å²) in [5.41, 5.74) is 0. The zero-order valence-electron chi connectivity index (χ0n) is 15.2. The van der Waals surface area contributed by atoms with Crippen LogP contribution in [0.1, 0.15) is 79.6 Å². The lowest BCUT2D eigenvalue weighted by molar-refractivity contribution is 0.255. The standard InChI is InChI=1S/C8H18OS2.C8H20OS2/c1-4-6-7-11(10)9-8(3)5-2;1-3-5-7-11(9,10)8-6-4-2/h8H,4-7H2,1-3H3;11H,3-8H2,1-2H3,(H,9,10). The van der Waals surface area contributed by atoms with Crippen molar-refractivity contribution in [2.45, 2.75) is 85.7 Å². The van der Waals surface area contributed by atoms with Crippen LogP contribution < -0.4 is 0 Å². The monoisotopic (exact) mass is 390 g/mol. The minimum absolute atomic E-state index is 0.217. The minimum Gasteiger partial charge on any atom is -0.350 e. The Morgan fingerprint density at radius 1 is 1.00 bits per heavy atom. The Bertz CT molecular complexity index is 297. The van der Waals surface area contributed by atoms with Gasteiger partial charge in [0, 0.05) is 27.0 Å². The van der Waals surface area contributed by atoms with Gasteiger partial charge in [-0.25, -0.2) is 0 Å². The first kappa shape index (κ1) is 25.3. The van der Waals surface area contributed by atoms with Crippen LogP contribution in [0, 0.1) is 0 Å². The number of hydrogen-bond acceptors (Lipinski definition) is 3. The third-order valence-corrected chi connectivity index (χ3v) is 8.26. The summed E-state index contributed by atoms with van der Waals surface area (Å²) < 4.78 is 15.2. The minimum atomic E-state index is -1.89. The molecule has 22 heavy (non-hydrogen) atoms. The third kappa shape index (κ3) is 19.1. The fourth-order valence-corrected chi connectivity index (χ4v) is 5.98. The van der Waals surface area contributed by atoms with Gasteiger partial charge in [-0.3, -0.25) is 0 Å². The van der Waals surface area contributed by atoms with Crippen molar-refractivity contribution in [3.63, 3.8) is 0 Å². The topological polar surface area (TPSA) is 29.5 Å². The number of hydrogen-bond donors (Lipinski definition) is 2. The highest BCUT2D eigenvalue weighted by Crippen LogP contribution is 2.07. The molecule has 0 saturated carbocycles. The lowest BCUT2D eigenvalue weighted by Gasteiger charge is -2.19. The summed E-state index contributed by atoms with van der Waals surface area (Å²) in [7, 11) is -2.11. The van der Waals surface area contributed by atoms with E-state index < -0.39 is 8.87 Å². The summed E-state index contributed by atoms with van der Waals surface area (Å²) in [6.45, 7) is 10.6. The van der Waals surface area contributed by atoms with Crippen molar-refractivity contribution in [2.75, 3.05) is 17.3 Å². The number of unbranched alkanes of at least 4 members (excludes halogenated alkanes) is 3. The molecule has 2 nitrogen and oxygen atoms in total. The molecule has 1 N–H and O–H groups in total. The quantitative estimate of drug-likeness (QED) is 0.459. The van der Waals surface area contributed by atoms with E-state index in [2.05, 4.69) is 34.6 Å². The predicted molar refractivity (Wildman–Crippen MR) is 114 cm³/mol. The molecule has 0 aromatic heterocycles. The van der Waals surface area contributed by atoms with Crippen molar-refractivity contribution in [3.05, 3.63) is 0 Å². The van der Waals surface area contributed by atoms with Gasteiger partial charge in [-0.1, -0.05) is 47.0 Å². The summed E-state index contributed by atoms with van der Waals surface area (Å²) in [6, 6.07) is 0. The Kier molecular flexibility index (Phi) is 19.4. The second kappa shape index (κ2) is 16.9. The average Bonchev–Trinajstić information content (AvgIpc) is 2.49. The van der Waals surface area contributed by atoms with E-state index in [1.807, 2.05) is 0 Å². The maximum atomic E-state index is 9.70. The molecule has 0 bridgehead atoms. The first-order valence-corrected chi connectivity index (χ1v) is 14.1. The largest absolute Gasteiger partial charge is 0.350 e. The molecule has 0 aliphatic rings.